The lowest BCUT2D eigenvalue weighted by Gasteiger charge is -2.14. The number of carbonyl (C=O) groups excluding carboxylic acids is 1. The molecule has 0 spiro atoms. The number of ether oxygens (including phenoxy) is 3. The maximum atomic E-state index is 12.2. The Morgan fingerprint density at radius 1 is 1.07 bits per heavy atom. The number of benzene rings is 2. The molecule has 0 saturated heterocycles. The zero-order chi connectivity index (χ0) is 19.8. The second-order valence-electron chi connectivity index (χ2n) is 5.93. The Morgan fingerprint density at radius 3 is 2.30 bits per heavy atom. The number of nitrogens with zero attached hydrogens (tertiary/aromatic N) is 1. The van der Waals surface area contributed by atoms with Gasteiger partial charge >= 0.3 is 0 Å². The van der Waals surface area contributed by atoms with Crippen LogP contribution in [0.25, 0.3) is 0 Å². The Labute approximate surface area is 159 Å². The fourth-order valence-electron chi connectivity index (χ4n) is 2.49. The van der Waals surface area contributed by atoms with Crippen molar-refractivity contribution < 1.29 is 19.0 Å². The highest BCUT2D eigenvalue weighted by atomic mass is 16.5. The van der Waals surface area contributed by atoms with E-state index in [1.807, 2.05) is 31.2 Å². The number of aryl methyl sites for hydroxylation is 1. The maximum Gasteiger partial charge on any atom is 0.262 e. The molecule has 27 heavy (non-hydrogen) atoms. The minimum absolute atomic E-state index is 0.250. The molecule has 144 valence electrons. The van der Waals surface area contributed by atoms with Crippen LogP contribution in [-0.4, -0.2) is 39.5 Å². The van der Waals surface area contributed by atoms with Crippen molar-refractivity contribution in [1.29, 1.82) is 0 Å². The fourth-order valence-corrected chi connectivity index (χ4v) is 2.49. The van der Waals surface area contributed by atoms with Crippen molar-refractivity contribution in [2.24, 2.45) is 5.10 Å². The Kier molecular flexibility index (Phi) is 7.05. The molecule has 7 heteroatoms. The summed E-state index contributed by atoms with van der Waals surface area (Å²) in [4.78, 5) is 12.2. The van der Waals surface area contributed by atoms with E-state index < -0.39 is 6.04 Å². The van der Waals surface area contributed by atoms with Crippen molar-refractivity contribution in [3.05, 3.63) is 47.5 Å². The van der Waals surface area contributed by atoms with Crippen LogP contribution < -0.4 is 25.0 Å². The molecule has 7 nitrogen and oxygen atoms in total. The van der Waals surface area contributed by atoms with Crippen molar-refractivity contribution >= 4 is 17.8 Å². The second-order valence-corrected chi connectivity index (χ2v) is 5.93. The molecule has 0 saturated carbocycles. The van der Waals surface area contributed by atoms with Crippen LogP contribution in [0, 0.1) is 6.92 Å². The lowest BCUT2D eigenvalue weighted by atomic mass is 10.2. The normalized spacial score (nSPS) is 11.7. The summed E-state index contributed by atoms with van der Waals surface area (Å²) in [6.07, 6.45) is 1.52. The highest BCUT2D eigenvalue weighted by Crippen LogP contribution is 2.37. The van der Waals surface area contributed by atoms with E-state index >= 15 is 0 Å². The first-order valence-corrected chi connectivity index (χ1v) is 8.44. The Hall–Kier alpha value is -3.22. The van der Waals surface area contributed by atoms with Crippen LogP contribution in [0.15, 0.2) is 41.5 Å². The van der Waals surface area contributed by atoms with Gasteiger partial charge in [-0.25, -0.2) is 5.43 Å². The monoisotopic (exact) mass is 371 g/mol. The molecular weight excluding hydrogens is 346 g/mol. The third-order valence-corrected chi connectivity index (χ3v) is 3.87. The summed E-state index contributed by atoms with van der Waals surface area (Å²) in [5.74, 6) is 1.27. The summed E-state index contributed by atoms with van der Waals surface area (Å²) < 4.78 is 15.9. The summed E-state index contributed by atoms with van der Waals surface area (Å²) in [5.41, 5.74) is 5.22. The third kappa shape index (κ3) is 5.37. The first kappa shape index (κ1) is 20.1. The summed E-state index contributed by atoms with van der Waals surface area (Å²) in [6, 6.07) is 10.9. The van der Waals surface area contributed by atoms with Gasteiger partial charge in [-0.1, -0.05) is 12.1 Å². The lowest BCUT2D eigenvalue weighted by Crippen LogP contribution is -2.34. The average molecular weight is 371 g/mol. The standard InChI is InChI=1S/C20H25N3O4/c1-13-7-6-8-16(9-13)22-14(2)20(24)23-21-12-15-10-17(25-3)19(27-5)18(11-15)26-4/h6-12,14,22H,1-5H3,(H,23,24). The van der Waals surface area contributed by atoms with Gasteiger partial charge in [0.05, 0.1) is 27.5 Å². The van der Waals surface area contributed by atoms with E-state index in [-0.39, 0.29) is 5.91 Å². The van der Waals surface area contributed by atoms with Crippen LogP contribution in [0.1, 0.15) is 18.1 Å². The topological polar surface area (TPSA) is 81.2 Å². The molecular formula is C20H25N3O4. The van der Waals surface area contributed by atoms with Crippen molar-refractivity contribution in [1.82, 2.24) is 5.43 Å². The molecule has 2 N–H and O–H groups in total. The van der Waals surface area contributed by atoms with Crippen LogP contribution in [-0.2, 0) is 4.79 Å². The number of hydrazone groups is 1. The van der Waals surface area contributed by atoms with Gasteiger partial charge in [-0.05, 0) is 43.7 Å². The number of hydrogen-bond donors (Lipinski definition) is 2. The summed E-state index contributed by atoms with van der Waals surface area (Å²) in [6.45, 7) is 3.77. The Bertz CT molecular complexity index is 796. The van der Waals surface area contributed by atoms with Crippen molar-refractivity contribution in [2.75, 3.05) is 26.6 Å². The molecule has 1 atom stereocenters. The quantitative estimate of drug-likeness (QED) is 0.551. The van der Waals surface area contributed by atoms with Crippen LogP contribution in [0.5, 0.6) is 17.2 Å². The molecule has 0 aliphatic heterocycles. The highest BCUT2D eigenvalue weighted by Gasteiger charge is 2.13. The highest BCUT2D eigenvalue weighted by molar-refractivity contribution is 5.87. The number of hydrogen-bond acceptors (Lipinski definition) is 6. The number of rotatable bonds is 8. The fraction of sp³-hybridized carbons (Fsp3) is 0.300. The van der Waals surface area contributed by atoms with Gasteiger partial charge < -0.3 is 19.5 Å². The van der Waals surface area contributed by atoms with Crippen molar-refractivity contribution in [3.8, 4) is 17.2 Å². The smallest absolute Gasteiger partial charge is 0.262 e. The van der Waals surface area contributed by atoms with Crippen LogP contribution in [0.2, 0.25) is 0 Å². The second kappa shape index (κ2) is 9.47. The molecule has 0 bridgehead atoms. The molecule has 0 aliphatic rings. The Balaban J connectivity index is 2.02. The van der Waals surface area contributed by atoms with Gasteiger partial charge in [-0.3, -0.25) is 4.79 Å². The largest absolute Gasteiger partial charge is 0.493 e. The van der Waals surface area contributed by atoms with Gasteiger partial charge in [-0.2, -0.15) is 5.10 Å². The molecule has 1 amide bonds. The zero-order valence-electron chi connectivity index (χ0n) is 16.2. The average Bonchev–Trinajstić information content (AvgIpc) is 2.66. The van der Waals surface area contributed by atoms with E-state index in [0.29, 0.717) is 22.8 Å². The third-order valence-electron chi connectivity index (χ3n) is 3.87. The summed E-state index contributed by atoms with van der Waals surface area (Å²) in [7, 11) is 4.62. The number of anilines is 1. The van der Waals surface area contributed by atoms with Gasteiger partial charge in [0.15, 0.2) is 11.5 Å². The molecule has 0 fully saturated rings. The number of amides is 1. The van der Waals surface area contributed by atoms with E-state index in [9.17, 15) is 4.79 Å². The van der Waals surface area contributed by atoms with E-state index in [2.05, 4.69) is 15.8 Å². The minimum Gasteiger partial charge on any atom is -0.493 e. The lowest BCUT2D eigenvalue weighted by molar-refractivity contribution is -0.121. The van der Waals surface area contributed by atoms with E-state index in [4.69, 9.17) is 14.2 Å². The number of carbonyl (C=O) groups is 1. The van der Waals surface area contributed by atoms with Crippen molar-refractivity contribution in [3.63, 3.8) is 0 Å². The van der Waals surface area contributed by atoms with Crippen LogP contribution >= 0.6 is 0 Å². The maximum absolute atomic E-state index is 12.2. The van der Waals surface area contributed by atoms with E-state index in [1.165, 1.54) is 13.3 Å². The summed E-state index contributed by atoms with van der Waals surface area (Å²) in [5, 5.41) is 7.15. The minimum atomic E-state index is -0.441. The van der Waals surface area contributed by atoms with Crippen LogP contribution in [0.3, 0.4) is 0 Å². The molecule has 2 rings (SSSR count). The Morgan fingerprint density at radius 2 is 1.74 bits per heavy atom. The molecule has 0 aromatic heterocycles. The van der Waals surface area contributed by atoms with Gasteiger partial charge in [-0.15, -0.1) is 0 Å². The number of methoxy groups -OCH3 is 3. The van der Waals surface area contributed by atoms with Crippen molar-refractivity contribution in [2.45, 2.75) is 19.9 Å². The SMILES string of the molecule is COc1cc(C=NNC(=O)C(C)Nc2cccc(C)c2)cc(OC)c1OC. The molecule has 0 aliphatic carbocycles. The van der Waals surface area contributed by atoms with E-state index in [1.54, 1.807) is 33.3 Å². The molecule has 0 heterocycles. The summed E-state index contributed by atoms with van der Waals surface area (Å²) >= 11 is 0. The van der Waals surface area contributed by atoms with Gasteiger partial charge in [0.1, 0.15) is 6.04 Å². The van der Waals surface area contributed by atoms with E-state index in [0.717, 1.165) is 11.3 Å². The van der Waals surface area contributed by atoms with Gasteiger partial charge in [0.2, 0.25) is 5.75 Å². The first-order valence-electron chi connectivity index (χ1n) is 8.44. The molecule has 2 aromatic carbocycles. The molecule has 1 unspecified atom stereocenters. The predicted molar refractivity (Wildman–Crippen MR) is 106 cm³/mol. The first-order chi connectivity index (χ1) is 13.0. The predicted octanol–water partition coefficient (Wildman–Crippen LogP) is 2.97. The van der Waals surface area contributed by atoms with Gasteiger partial charge in [0.25, 0.3) is 5.91 Å². The zero-order valence-corrected chi connectivity index (χ0v) is 16.2. The molecule has 2 aromatic rings. The molecule has 0 radical (unpaired) electrons. The van der Waals surface area contributed by atoms with Crippen LogP contribution in [0.4, 0.5) is 5.69 Å². The number of nitrogens with one attached hydrogen (secondary N) is 2. The van der Waals surface area contributed by atoms with Gasteiger partial charge in [0, 0.05) is 11.3 Å².